The highest BCUT2D eigenvalue weighted by atomic mass is 15.3. The summed E-state index contributed by atoms with van der Waals surface area (Å²) in [5.74, 6) is 2.63. The number of hydrogen-bond donors (Lipinski definition) is 1. The van der Waals surface area contributed by atoms with Crippen LogP contribution in [-0.2, 0) is 13.1 Å². The Hall–Kier alpha value is -1.27. The Morgan fingerprint density at radius 2 is 2.50 bits per heavy atom. The molecule has 0 spiro atoms. The zero-order valence-electron chi connectivity index (χ0n) is 8.66. The molecule has 0 bridgehead atoms. The summed E-state index contributed by atoms with van der Waals surface area (Å²) < 4.78 is 1.99. The Labute approximate surface area is 85.5 Å². The van der Waals surface area contributed by atoms with Gasteiger partial charge in [-0.3, -0.25) is 4.68 Å². The molecule has 0 aliphatic rings. The van der Waals surface area contributed by atoms with Crippen molar-refractivity contribution in [3.05, 3.63) is 18.0 Å². The van der Waals surface area contributed by atoms with Crippen molar-refractivity contribution in [1.82, 2.24) is 15.1 Å². The molecule has 1 rings (SSSR count). The number of aromatic nitrogens is 2. The maximum absolute atomic E-state index is 5.16. The van der Waals surface area contributed by atoms with Crippen LogP contribution in [0.5, 0.6) is 0 Å². The molecule has 0 aromatic carbocycles. The van der Waals surface area contributed by atoms with Gasteiger partial charge in [-0.15, -0.1) is 12.3 Å². The average Bonchev–Trinajstić information content (AvgIpc) is 2.65. The fourth-order valence-electron chi connectivity index (χ4n) is 1.33. The van der Waals surface area contributed by atoms with Gasteiger partial charge >= 0.3 is 0 Å². The van der Waals surface area contributed by atoms with Crippen LogP contribution in [0.2, 0.25) is 0 Å². The smallest absolute Gasteiger partial charge is 0.0521 e. The molecule has 0 fully saturated rings. The van der Waals surface area contributed by atoms with Gasteiger partial charge in [0.2, 0.25) is 0 Å². The van der Waals surface area contributed by atoms with E-state index in [0.29, 0.717) is 0 Å². The summed E-state index contributed by atoms with van der Waals surface area (Å²) in [6.45, 7) is 4.86. The van der Waals surface area contributed by atoms with Crippen LogP contribution >= 0.6 is 0 Å². The second-order valence-electron chi connectivity index (χ2n) is 3.12. The zero-order valence-corrected chi connectivity index (χ0v) is 8.66. The lowest BCUT2D eigenvalue weighted by Gasteiger charge is -2.05. The van der Waals surface area contributed by atoms with E-state index in [2.05, 4.69) is 23.3 Å². The normalized spacial score (nSPS) is 10.0. The zero-order chi connectivity index (χ0) is 10.2. The fourth-order valence-corrected chi connectivity index (χ4v) is 1.33. The highest BCUT2D eigenvalue weighted by Gasteiger charge is 1.98. The van der Waals surface area contributed by atoms with Gasteiger partial charge in [0.05, 0.1) is 5.69 Å². The van der Waals surface area contributed by atoms with E-state index in [9.17, 15) is 0 Å². The van der Waals surface area contributed by atoms with Gasteiger partial charge in [-0.1, -0.05) is 0 Å². The number of hydrogen-bond acceptors (Lipinski definition) is 2. The average molecular weight is 191 g/mol. The molecule has 1 aromatic heterocycles. The van der Waals surface area contributed by atoms with Crippen LogP contribution < -0.4 is 5.32 Å². The molecule has 0 unspecified atom stereocenters. The van der Waals surface area contributed by atoms with Gasteiger partial charge in [0.25, 0.3) is 0 Å². The standard InChI is InChI=1S/C11H17N3/c1-3-5-6-8-12-10-11-7-9-13-14(11)4-2/h1,7,9,12H,4-6,8,10H2,2H3. The first-order valence-corrected chi connectivity index (χ1v) is 5.03. The molecule has 0 saturated carbocycles. The number of nitrogens with zero attached hydrogens (tertiary/aromatic N) is 2. The Balaban J connectivity index is 2.21. The molecule has 0 aliphatic heterocycles. The summed E-state index contributed by atoms with van der Waals surface area (Å²) in [5, 5.41) is 7.53. The molecule has 3 heteroatoms. The third-order valence-electron chi connectivity index (χ3n) is 2.08. The van der Waals surface area contributed by atoms with Crippen molar-refractivity contribution >= 4 is 0 Å². The Bertz CT molecular complexity index is 296. The Morgan fingerprint density at radius 3 is 3.21 bits per heavy atom. The predicted molar refractivity (Wildman–Crippen MR) is 57.7 cm³/mol. The van der Waals surface area contributed by atoms with Crippen LogP contribution in [0, 0.1) is 12.3 Å². The molecule has 76 valence electrons. The molecule has 0 saturated heterocycles. The quantitative estimate of drug-likeness (QED) is 0.544. The van der Waals surface area contributed by atoms with Gasteiger partial charge in [-0.05, 0) is 26.0 Å². The number of rotatable bonds is 6. The van der Waals surface area contributed by atoms with Crippen LogP contribution in [0.15, 0.2) is 12.3 Å². The van der Waals surface area contributed by atoms with E-state index in [1.54, 1.807) is 0 Å². The van der Waals surface area contributed by atoms with Crippen molar-refractivity contribution in [3.8, 4) is 12.3 Å². The minimum Gasteiger partial charge on any atom is -0.311 e. The van der Waals surface area contributed by atoms with E-state index in [-0.39, 0.29) is 0 Å². The van der Waals surface area contributed by atoms with Crippen molar-refractivity contribution in [2.45, 2.75) is 32.9 Å². The summed E-state index contributed by atoms with van der Waals surface area (Å²) in [5.41, 5.74) is 1.23. The summed E-state index contributed by atoms with van der Waals surface area (Å²) in [6, 6.07) is 2.04. The van der Waals surface area contributed by atoms with Crippen LogP contribution in [-0.4, -0.2) is 16.3 Å². The number of unbranched alkanes of at least 4 members (excludes halogenated alkanes) is 1. The first-order valence-electron chi connectivity index (χ1n) is 5.03. The highest BCUT2D eigenvalue weighted by Crippen LogP contribution is 1.97. The lowest BCUT2D eigenvalue weighted by Crippen LogP contribution is -2.17. The van der Waals surface area contributed by atoms with E-state index in [1.807, 2.05) is 16.9 Å². The van der Waals surface area contributed by atoms with Crippen molar-refractivity contribution in [2.75, 3.05) is 6.54 Å². The third kappa shape index (κ3) is 3.23. The van der Waals surface area contributed by atoms with Gasteiger partial charge in [0, 0.05) is 25.7 Å². The molecule has 0 atom stereocenters. The summed E-state index contributed by atoms with van der Waals surface area (Å²) in [6.07, 6.45) is 8.88. The first-order chi connectivity index (χ1) is 6.88. The molecular formula is C11H17N3. The molecule has 0 amide bonds. The minimum absolute atomic E-state index is 0.847. The van der Waals surface area contributed by atoms with E-state index >= 15 is 0 Å². The van der Waals surface area contributed by atoms with Crippen LogP contribution in [0.4, 0.5) is 0 Å². The van der Waals surface area contributed by atoms with Gasteiger partial charge in [-0.25, -0.2) is 0 Å². The highest BCUT2D eigenvalue weighted by molar-refractivity contribution is 4.99. The number of nitrogens with one attached hydrogen (secondary N) is 1. The van der Waals surface area contributed by atoms with Gasteiger partial charge < -0.3 is 5.32 Å². The van der Waals surface area contributed by atoms with Gasteiger partial charge in [0.1, 0.15) is 0 Å². The van der Waals surface area contributed by atoms with Crippen LogP contribution in [0.1, 0.15) is 25.5 Å². The Morgan fingerprint density at radius 1 is 1.64 bits per heavy atom. The van der Waals surface area contributed by atoms with E-state index in [1.165, 1.54) is 5.69 Å². The monoisotopic (exact) mass is 191 g/mol. The second-order valence-corrected chi connectivity index (χ2v) is 3.12. The van der Waals surface area contributed by atoms with Gasteiger partial charge in [-0.2, -0.15) is 5.10 Å². The lowest BCUT2D eigenvalue weighted by atomic mass is 10.3. The molecule has 1 aromatic rings. The minimum atomic E-state index is 0.847. The maximum Gasteiger partial charge on any atom is 0.0521 e. The molecule has 3 nitrogen and oxygen atoms in total. The van der Waals surface area contributed by atoms with Crippen molar-refractivity contribution < 1.29 is 0 Å². The molecule has 0 radical (unpaired) electrons. The van der Waals surface area contributed by atoms with Crippen LogP contribution in [0.3, 0.4) is 0 Å². The number of aryl methyl sites for hydroxylation is 1. The molecule has 0 aliphatic carbocycles. The summed E-state index contributed by atoms with van der Waals surface area (Å²) in [7, 11) is 0. The van der Waals surface area contributed by atoms with E-state index in [4.69, 9.17) is 6.42 Å². The molecule has 1 N–H and O–H groups in total. The van der Waals surface area contributed by atoms with Crippen molar-refractivity contribution in [1.29, 1.82) is 0 Å². The second kappa shape index (κ2) is 6.22. The van der Waals surface area contributed by atoms with Crippen molar-refractivity contribution in [2.24, 2.45) is 0 Å². The molecular weight excluding hydrogens is 174 g/mol. The maximum atomic E-state index is 5.16. The van der Waals surface area contributed by atoms with Gasteiger partial charge in [0.15, 0.2) is 0 Å². The fraction of sp³-hybridized carbons (Fsp3) is 0.545. The topological polar surface area (TPSA) is 29.9 Å². The lowest BCUT2D eigenvalue weighted by molar-refractivity contribution is 0.575. The summed E-state index contributed by atoms with van der Waals surface area (Å²) in [4.78, 5) is 0. The SMILES string of the molecule is C#CCCCNCc1ccnn1CC. The van der Waals surface area contributed by atoms with Crippen LogP contribution in [0.25, 0.3) is 0 Å². The van der Waals surface area contributed by atoms with E-state index < -0.39 is 0 Å². The molecule has 1 heterocycles. The first kappa shape index (κ1) is 10.8. The van der Waals surface area contributed by atoms with Crippen molar-refractivity contribution in [3.63, 3.8) is 0 Å². The Kier molecular flexibility index (Phi) is 4.81. The predicted octanol–water partition coefficient (Wildman–Crippen LogP) is 1.41. The molecule has 14 heavy (non-hydrogen) atoms. The summed E-state index contributed by atoms with van der Waals surface area (Å²) >= 11 is 0. The third-order valence-corrected chi connectivity index (χ3v) is 2.08. The van der Waals surface area contributed by atoms with E-state index in [0.717, 1.165) is 32.5 Å². The number of terminal acetylenes is 1. The largest absolute Gasteiger partial charge is 0.311 e.